The second-order valence-electron chi connectivity index (χ2n) is 3.92. The fraction of sp³-hybridized carbons (Fsp3) is 0.429. The molecule has 0 aromatic heterocycles. The topological polar surface area (TPSA) is 61.8 Å². The molecule has 0 heterocycles. The maximum Gasteiger partial charge on any atom is 0.313 e. The van der Waals surface area contributed by atoms with Crippen LogP contribution in [-0.2, 0) is 9.53 Å². The molecule has 0 atom stereocenters. The predicted octanol–water partition coefficient (Wildman–Crippen LogP) is 2.23. The Morgan fingerprint density at radius 2 is 1.63 bits per heavy atom. The third kappa shape index (κ3) is 4.62. The van der Waals surface area contributed by atoms with Crippen LogP contribution in [0.2, 0.25) is 0 Å². The number of rotatable bonds is 7. The molecule has 0 fully saturated rings. The van der Waals surface area contributed by atoms with Crippen molar-refractivity contribution in [3.8, 4) is 11.5 Å². The zero-order chi connectivity index (χ0) is 14.3. The highest BCUT2D eigenvalue weighted by molar-refractivity contribution is 6.06. The normalized spacial score (nSPS) is 9.84. The van der Waals surface area contributed by atoms with Gasteiger partial charge in [-0.05, 0) is 18.6 Å². The number of carbonyl (C=O) groups excluding carboxylic acids is 2. The first kappa shape index (κ1) is 15.0. The van der Waals surface area contributed by atoms with Crippen molar-refractivity contribution in [3.63, 3.8) is 0 Å². The van der Waals surface area contributed by atoms with Crippen molar-refractivity contribution < 1.29 is 23.8 Å². The number of hydrogen-bond donors (Lipinski definition) is 0. The molecule has 5 heteroatoms. The molecular formula is C14H18O5. The van der Waals surface area contributed by atoms with Gasteiger partial charge in [-0.3, -0.25) is 9.59 Å². The van der Waals surface area contributed by atoms with Crippen molar-refractivity contribution in [1.29, 1.82) is 0 Å². The molecule has 0 spiro atoms. The lowest BCUT2D eigenvalue weighted by atomic mass is 10.1. The van der Waals surface area contributed by atoms with Crippen LogP contribution in [0.4, 0.5) is 0 Å². The van der Waals surface area contributed by atoms with Crippen LogP contribution >= 0.6 is 0 Å². The predicted molar refractivity (Wildman–Crippen MR) is 69.7 cm³/mol. The number of ketones is 1. The lowest BCUT2D eigenvalue weighted by Crippen LogP contribution is -2.12. The van der Waals surface area contributed by atoms with E-state index < -0.39 is 5.97 Å². The van der Waals surface area contributed by atoms with Gasteiger partial charge in [-0.25, -0.2) is 0 Å². The molecule has 0 unspecified atom stereocenters. The minimum atomic E-state index is -0.520. The number of hydrogen-bond acceptors (Lipinski definition) is 5. The van der Waals surface area contributed by atoms with E-state index in [1.54, 1.807) is 18.2 Å². The summed E-state index contributed by atoms with van der Waals surface area (Å²) >= 11 is 0. The van der Waals surface area contributed by atoms with E-state index >= 15 is 0 Å². The summed E-state index contributed by atoms with van der Waals surface area (Å²) in [5, 5.41) is 0. The molecule has 0 aliphatic carbocycles. The second kappa shape index (κ2) is 7.41. The third-order valence-corrected chi connectivity index (χ3v) is 2.45. The van der Waals surface area contributed by atoms with Gasteiger partial charge >= 0.3 is 5.97 Å². The van der Waals surface area contributed by atoms with Crippen molar-refractivity contribution >= 4 is 11.8 Å². The van der Waals surface area contributed by atoms with Crippen molar-refractivity contribution in [2.45, 2.75) is 19.8 Å². The van der Waals surface area contributed by atoms with E-state index in [9.17, 15) is 9.59 Å². The molecular weight excluding hydrogens is 248 g/mol. The molecule has 0 amide bonds. The fourth-order valence-corrected chi connectivity index (χ4v) is 1.47. The molecule has 104 valence electrons. The quantitative estimate of drug-likeness (QED) is 0.430. The molecule has 1 rings (SSSR count). The maximum absolute atomic E-state index is 11.9. The molecule has 1 aromatic carbocycles. The molecule has 0 radical (unpaired) electrons. The van der Waals surface area contributed by atoms with Gasteiger partial charge in [-0.2, -0.15) is 0 Å². The van der Waals surface area contributed by atoms with Crippen LogP contribution in [0.15, 0.2) is 18.2 Å². The van der Waals surface area contributed by atoms with Crippen molar-refractivity contribution in [2.24, 2.45) is 0 Å². The Labute approximate surface area is 112 Å². The number of esters is 1. The van der Waals surface area contributed by atoms with Gasteiger partial charge in [0.1, 0.15) is 17.9 Å². The van der Waals surface area contributed by atoms with Gasteiger partial charge in [0.2, 0.25) is 0 Å². The number of benzene rings is 1. The Kier molecular flexibility index (Phi) is 5.85. The van der Waals surface area contributed by atoms with Crippen LogP contribution in [0.3, 0.4) is 0 Å². The summed E-state index contributed by atoms with van der Waals surface area (Å²) < 4.78 is 15.0. The lowest BCUT2D eigenvalue weighted by molar-refractivity contribution is -0.142. The number of Topliss-reactive ketones (excluding diaryl/α,β-unsaturated/α-hetero) is 1. The number of carbonyl (C=O) groups is 2. The van der Waals surface area contributed by atoms with Gasteiger partial charge in [-0.15, -0.1) is 0 Å². The van der Waals surface area contributed by atoms with Crippen LogP contribution in [0.5, 0.6) is 11.5 Å². The van der Waals surface area contributed by atoms with Gasteiger partial charge in [0.05, 0.1) is 20.8 Å². The summed E-state index contributed by atoms with van der Waals surface area (Å²) in [4.78, 5) is 23.3. The fourth-order valence-electron chi connectivity index (χ4n) is 1.47. The van der Waals surface area contributed by atoms with E-state index in [0.717, 1.165) is 6.42 Å². The van der Waals surface area contributed by atoms with Crippen molar-refractivity contribution in [1.82, 2.24) is 0 Å². The molecule has 5 nitrogen and oxygen atoms in total. The van der Waals surface area contributed by atoms with E-state index in [4.69, 9.17) is 14.2 Å². The average molecular weight is 266 g/mol. The summed E-state index contributed by atoms with van der Waals surface area (Å²) in [6.45, 7) is 2.22. The molecule has 0 N–H and O–H groups in total. The maximum atomic E-state index is 11.9. The van der Waals surface area contributed by atoms with E-state index in [-0.39, 0.29) is 12.2 Å². The highest BCUT2D eigenvalue weighted by Gasteiger charge is 2.15. The molecule has 0 aliphatic rings. The molecule has 0 bridgehead atoms. The summed E-state index contributed by atoms with van der Waals surface area (Å²) in [5.74, 6) is 0.168. The molecule has 1 aromatic rings. The van der Waals surface area contributed by atoms with Crippen LogP contribution < -0.4 is 9.47 Å². The first-order valence-electron chi connectivity index (χ1n) is 6.02. The smallest absolute Gasteiger partial charge is 0.313 e. The molecule has 0 saturated heterocycles. The Hall–Kier alpha value is -2.04. The highest BCUT2D eigenvalue weighted by Crippen LogP contribution is 2.23. The Morgan fingerprint density at radius 3 is 2.11 bits per heavy atom. The van der Waals surface area contributed by atoms with Crippen LogP contribution in [0, 0.1) is 0 Å². The van der Waals surface area contributed by atoms with Gasteiger partial charge < -0.3 is 14.2 Å². The molecule has 19 heavy (non-hydrogen) atoms. The summed E-state index contributed by atoms with van der Waals surface area (Å²) in [6, 6.07) is 4.79. The average Bonchev–Trinajstić information content (AvgIpc) is 2.44. The van der Waals surface area contributed by atoms with E-state index in [2.05, 4.69) is 0 Å². The third-order valence-electron chi connectivity index (χ3n) is 2.45. The highest BCUT2D eigenvalue weighted by atomic mass is 16.5. The Bertz CT molecular complexity index is 431. The van der Waals surface area contributed by atoms with Crippen LogP contribution in [0.25, 0.3) is 0 Å². The number of methoxy groups -OCH3 is 2. The SMILES string of the molecule is CCCOC(=O)CC(=O)c1cc(OC)cc(OC)c1. The summed E-state index contributed by atoms with van der Waals surface area (Å²) in [6.07, 6.45) is 0.448. The largest absolute Gasteiger partial charge is 0.497 e. The first-order chi connectivity index (χ1) is 9.10. The van der Waals surface area contributed by atoms with Crippen molar-refractivity contribution in [3.05, 3.63) is 23.8 Å². The minimum absolute atomic E-state index is 0.281. The van der Waals surface area contributed by atoms with Crippen molar-refractivity contribution in [2.75, 3.05) is 20.8 Å². The van der Waals surface area contributed by atoms with Crippen LogP contribution in [0.1, 0.15) is 30.1 Å². The zero-order valence-electron chi connectivity index (χ0n) is 11.4. The first-order valence-corrected chi connectivity index (χ1v) is 6.02. The zero-order valence-corrected chi connectivity index (χ0v) is 11.4. The van der Waals surface area contributed by atoms with Gasteiger partial charge in [-0.1, -0.05) is 6.92 Å². The second-order valence-corrected chi connectivity index (χ2v) is 3.92. The van der Waals surface area contributed by atoms with E-state index in [1.165, 1.54) is 14.2 Å². The monoisotopic (exact) mass is 266 g/mol. The number of ether oxygens (including phenoxy) is 3. The van der Waals surface area contributed by atoms with Gasteiger partial charge in [0.25, 0.3) is 0 Å². The molecule has 0 aliphatic heterocycles. The lowest BCUT2D eigenvalue weighted by Gasteiger charge is -2.08. The minimum Gasteiger partial charge on any atom is -0.497 e. The van der Waals surface area contributed by atoms with Crippen LogP contribution in [-0.4, -0.2) is 32.6 Å². The standard InChI is InChI=1S/C14H18O5/c1-4-5-19-14(16)9-13(15)10-6-11(17-2)8-12(7-10)18-3/h6-8H,4-5,9H2,1-3H3. The summed E-state index contributed by atoms with van der Waals surface area (Å²) in [5.41, 5.74) is 0.365. The van der Waals surface area contributed by atoms with Gasteiger partial charge in [0.15, 0.2) is 5.78 Å². The Morgan fingerprint density at radius 1 is 1.05 bits per heavy atom. The van der Waals surface area contributed by atoms with E-state index in [1.807, 2.05) is 6.92 Å². The van der Waals surface area contributed by atoms with E-state index in [0.29, 0.717) is 23.7 Å². The molecule has 0 saturated carbocycles. The summed E-state index contributed by atoms with van der Waals surface area (Å²) in [7, 11) is 3.00. The Balaban J connectivity index is 2.78. The van der Waals surface area contributed by atoms with Gasteiger partial charge in [0, 0.05) is 11.6 Å².